The third kappa shape index (κ3) is 4.13. The molecule has 0 fully saturated rings. The van der Waals surface area contributed by atoms with Gasteiger partial charge in [0.2, 0.25) is 0 Å². The summed E-state index contributed by atoms with van der Waals surface area (Å²) in [7, 11) is 0. The van der Waals surface area contributed by atoms with E-state index in [0.29, 0.717) is 29.4 Å². The molecule has 0 aliphatic carbocycles. The van der Waals surface area contributed by atoms with Gasteiger partial charge in [0.25, 0.3) is 0 Å². The van der Waals surface area contributed by atoms with Crippen molar-refractivity contribution in [3.05, 3.63) is 23.3 Å². The van der Waals surface area contributed by atoms with Gasteiger partial charge < -0.3 is 21.9 Å². The van der Waals surface area contributed by atoms with Crippen LogP contribution in [0, 0.1) is 0 Å². The van der Waals surface area contributed by atoms with Gasteiger partial charge in [-0.25, -0.2) is 4.79 Å². The fourth-order valence-corrected chi connectivity index (χ4v) is 1.91. The van der Waals surface area contributed by atoms with Crippen molar-refractivity contribution in [2.75, 3.05) is 18.0 Å². The minimum Gasteiger partial charge on any atom is -0.478 e. The van der Waals surface area contributed by atoms with Gasteiger partial charge in [-0.15, -0.1) is 0 Å². The number of hydrogen-bond donors (Lipinski definition) is 4. The van der Waals surface area contributed by atoms with E-state index in [1.807, 2.05) is 0 Å². The van der Waals surface area contributed by atoms with Gasteiger partial charge >= 0.3 is 5.97 Å². The van der Waals surface area contributed by atoms with E-state index in [-0.39, 0.29) is 5.56 Å². The van der Waals surface area contributed by atoms with E-state index in [1.165, 1.54) is 6.07 Å². The molecule has 0 heterocycles. The third-order valence-corrected chi connectivity index (χ3v) is 3.33. The first kappa shape index (κ1) is 15.3. The summed E-state index contributed by atoms with van der Waals surface area (Å²) < 4.78 is 0. The Bertz CT molecular complexity index is 447. The standard InChI is InChI=1S/C14H23N3O2/c1-3-9(2)17-8-4-5-10-11(14(18)19)6-7-12(15)13(10)16/h6-7,9,17H,3-5,8,15-16H2,1-2H3,(H,18,19). The molecular weight excluding hydrogens is 242 g/mol. The molecule has 0 saturated carbocycles. The molecule has 5 heteroatoms. The highest BCUT2D eigenvalue weighted by Gasteiger charge is 2.14. The van der Waals surface area contributed by atoms with E-state index in [1.54, 1.807) is 6.07 Å². The van der Waals surface area contributed by atoms with Crippen molar-refractivity contribution in [2.45, 2.75) is 39.2 Å². The molecule has 1 rings (SSSR count). The molecule has 0 aliphatic heterocycles. The molecule has 0 spiro atoms. The minimum atomic E-state index is -0.961. The normalized spacial score (nSPS) is 12.3. The molecule has 1 atom stereocenters. The van der Waals surface area contributed by atoms with Gasteiger partial charge in [0.05, 0.1) is 16.9 Å². The lowest BCUT2D eigenvalue weighted by molar-refractivity contribution is 0.0695. The predicted molar refractivity (Wildman–Crippen MR) is 78.3 cm³/mol. The Morgan fingerprint density at radius 3 is 2.68 bits per heavy atom. The number of anilines is 2. The number of nitrogens with two attached hydrogens (primary N) is 2. The summed E-state index contributed by atoms with van der Waals surface area (Å²) in [4.78, 5) is 11.2. The van der Waals surface area contributed by atoms with E-state index in [9.17, 15) is 4.79 Å². The summed E-state index contributed by atoms with van der Waals surface area (Å²) >= 11 is 0. The van der Waals surface area contributed by atoms with Crippen LogP contribution in [0.3, 0.4) is 0 Å². The molecule has 6 N–H and O–H groups in total. The number of carboxylic acid groups (broad SMARTS) is 1. The first-order chi connectivity index (χ1) is 8.97. The summed E-state index contributed by atoms with van der Waals surface area (Å²) in [5.41, 5.74) is 13.3. The molecule has 106 valence electrons. The van der Waals surface area contributed by atoms with E-state index < -0.39 is 5.97 Å². The molecule has 0 radical (unpaired) electrons. The average Bonchev–Trinajstić information content (AvgIpc) is 2.38. The second-order valence-corrected chi connectivity index (χ2v) is 4.77. The molecule has 0 bridgehead atoms. The number of rotatable bonds is 7. The molecule has 0 amide bonds. The number of aromatic carboxylic acids is 1. The van der Waals surface area contributed by atoms with Crippen molar-refractivity contribution in [2.24, 2.45) is 0 Å². The maximum atomic E-state index is 11.2. The van der Waals surface area contributed by atoms with Crippen LogP contribution in [0.15, 0.2) is 12.1 Å². The van der Waals surface area contributed by atoms with Crippen LogP contribution in [0.5, 0.6) is 0 Å². The quantitative estimate of drug-likeness (QED) is 0.445. The van der Waals surface area contributed by atoms with Crippen molar-refractivity contribution >= 4 is 17.3 Å². The highest BCUT2D eigenvalue weighted by Crippen LogP contribution is 2.25. The molecule has 5 nitrogen and oxygen atoms in total. The SMILES string of the molecule is CCC(C)NCCCc1c(C(=O)O)ccc(N)c1N. The topological polar surface area (TPSA) is 101 Å². The lowest BCUT2D eigenvalue weighted by Gasteiger charge is -2.14. The lowest BCUT2D eigenvalue weighted by atomic mass is 9.99. The minimum absolute atomic E-state index is 0.246. The van der Waals surface area contributed by atoms with Crippen LogP contribution in [-0.4, -0.2) is 23.7 Å². The Balaban J connectivity index is 2.71. The van der Waals surface area contributed by atoms with E-state index in [0.717, 1.165) is 19.4 Å². The Morgan fingerprint density at radius 1 is 1.42 bits per heavy atom. The zero-order chi connectivity index (χ0) is 14.4. The molecule has 0 aliphatic rings. The fourth-order valence-electron chi connectivity index (χ4n) is 1.91. The number of carbonyl (C=O) groups is 1. The Morgan fingerprint density at radius 2 is 2.11 bits per heavy atom. The number of nitrogen functional groups attached to an aromatic ring is 2. The van der Waals surface area contributed by atoms with Crippen molar-refractivity contribution in [1.29, 1.82) is 0 Å². The first-order valence-electron chi connectivity index (χ1n) is 6.60. The van der Waals surface area contributed by atoms with Gasteiger partial charge in [0.15, 0.2) is 0 Å². The maximum Gasteiger partial charge on any atom is 0.336 e. The lowest BCUT2D eigenvalue weighted by Crippen LogP contribution is -2.26. The molecule has 0 saturated heterocycles. The van der Waals surface area contributed by atoms with E-state index in [2.05, 4.69) is 19.2 Å². The van der Waals surface area contributed by atoms with Crippen LogP contribution in [0.4, 0.5) is 11.4 Å². The largest absolute Gasteiger partial charge is 0.478 e. The Kier molecular flexibility index (Phi) is 5.63. The van der Waals surface area contributed by atoms with Crippen LogP contribution in [0.25, 0.3) is 0 Å². The van der Waals surface area contributed by atoms with E-state index >= 15 is 0 Å². The maximum absolute atomic E-state index is 11.2. The smallest absolute Gasteiger partial charge is 0.336 e. The van der Waals surface area contributed by atoms with Gasteiger partial charge in [0, 0.05) is 6.04 Å². The average molecular weight is 265 g/mol. The second-order valence-electron chi connectivity index (χ2n) is 4.77. The van der Waals surface area contributed by atoms with Gasteiger partial charge in [0.1, 0.15) is 0 Å². The van der Waals surface area contributed by atoms with Crippen LogP contribution in [-0.2, 0) is 6.42 Å². The van der Waals surface area contributed by atoms with Crippen LogP contribution in [0.2, 0.25) is 0 Å². The molecular formula is C14H23N3O2. The number of benzene rings is 1. The predicted octanol–water partition coefficient (Wildman–Crippen LogP) is 1.87. The van der Waals surface area contributed by atoms with Gasteiger partial charge in [-0.1, -0.05) is 6.92 Å². The molecule has 1 aromatic rings. The molecule has 1 aromatic carbocycles. The highest BCUT2D eigenvalue weighted by atomic mass is 16.4. The third-order valence-electron chi connectivity index (χ3n) is 3.33. The van der Waals surface area contributed by atoms with Crippen LogP contribution >= 0.6 is 0 Å². The van der Waals surface area contributed by atoms with Crippen molar-refractivity contribution in [1.82, 2.24) is 5.32 Å². The van der Waals surface area contributed by atoms with Gasteiger partial charge in [-0.3, -0.25) is 0 Å². The van der Waals surface area contributed by atoms with Crippen LogP contribution in [0.1, 0.15) is 42.6 Å². The molecule has 19 heavy (non-hydrogen) atoms. The zero-order valence-corrected chi connectivity index (χ0v) is 11.6. The summed E-state index contributed by atoms with van der Waals surface area (Å²) in [6.45, 7) is 5.08. The van der Waals surface area contributed by atoms with Crippen molar-refractivity contribution in [3.63, 3.8) is 0 Å². The summed E-state index contributed by atoms with van der Waals surface area (Å²) in [5, 5.41) is 12.5. The van der Waals surface area contributed by atoms with Crippen molar-refractivity contribution < 1.29 is 9.90 Å². The number of nitrogens with one attached hydrogen (secondary N) is 1. The number of carboxylic acids is 1. The Labute approximate surface area is 114 Å². The second kappa shape index (κ2) is 6.99. The fraction of sp³-hybridized carbons (Fsp3) is 0.500. The van der Waals surface area contributed by atoms with E-state index in [4.69, 9.17) is 16.6 Å². The monoisotopic (exact) mass is 265 g/mol. The highest BCUT2D eigenvalue weighted by molar-refractivity contribution is 5.93. The van der Waals surface area contributed by atoms with Gasteiger partial charge in [-0.2, -0.15) is 0 Å². The molecule has 1 unspecified atom stereocenters. The summed E-state index contributed by atoms with van der Waals surface area (Å²) in [5.74, 6) is -0.961. The Hall–Kier alpha value is -1.75. The first-order valence-corrected chi connectivity index (χ1v) is 6.60. The zero-order valence-electron chi connectivity index (χ0n) is 11.6. The van der Waals surface area contributed by atoms with Crippen molar-refractivity contribution in [3.8, 4) is 0 Å². The van der Waals surface area contributed by atoms with Gasteiger partial charge in [-0.05, 0) is 50.4 Å². The summed E-state index contributed by atoms with van der Waals surface area (Å²) in [6, 6.07) is 3.53. The number of hydrogen-bond acceptors (Lipinski definition) is 4. The molecule has 0 aromatic heterocycles. The van der Waals surface area contributed by atoms with Crippen LogP contribution < -0.4 is 16.8 Å². The summed E-state index contributed by atoms with van der Waals surface area (Å²) in [6.07, 6.45) is 2.51.